The van der Waals surface area contributed by atoms with Crippen LogP contribution in [0.4, 0.5) is 0 Å². The predicted molar refractivity (Wildman–Crippen MR) is 115 cm³/mol. The number of rotatable bonds is 5. The third-order valence-electron chi connectivity index (χ3n) is 3.87. The van der Waals surface area contributed by atoms with Gasteiger partial charge in [-0.1, -0.05) is 48.0 Å². The van der Waals surface area contributed by atoms with Gasteiger partial charge in [-0.2, -0.15) is 0 Å². The quantitative estimate of drug-likeness (QED) is 0.348. The number of benzene rings is 2. The van der Waals surface area contributed by atoms with E-state index >= 15 is 0 Å². The van der Waals surface area contributed by atoms with E-state index in [0.717, 1.165) is 17.5 Å². The Balaban J connectivity index is 0.00000243. The fraction of sp³-hybridized carbons (Fsp3) is 0.211. The second kappa shape index (κ2) is 9.91. The molecular formula is C19H23IN6. The Bertz CT molecular complexity index is 827. The van der Waals surface area contributed by atoms with E-state index < -0.39 is 0 Å². The Labute approximate surface area is 170 Å². The molecule has 0 aliphatic carbocycles. The third-order valence-corrected chi connectivity index (χ3v) is 3.87. The molecule has 0 radical (unpaired) electrons. The van der Waals surface area contributed by atoms with E-state index in [1.165, 1.54) is 11.1 Å². The highest BCUT2D eigenvalue weighted by Gasteiger charge is 2.07. The van der Waals surface area contributed by atoms with Crippen LogP contribution in [-0.4, -0.2) is 27.8 Å². The molecule has 0 saturated carbocycles. The highest BCUT2D eigenvalue weighted by molar-refractivity contribution is 14.0. The molecule has 6 nitrogen and oxygen atoms in total. The van der Waals surface area contributed by atoms with Gasteiger partial charge >= 0.3 is 0 Å². The van der Waals surface area contributed by atoms with Crippen LogP contribution in [0.2, 0.25) is 0 Å². The molecule has 26 heavy (non-hydrogen) atoms. The van der Waals surface area contributed by atoms with Gasteiger partial charge < -0.3 is 10.6 Å². The van der Waals surface area contributed by atoms with Gasteiger partial charge in [0.1, 0.15) is 6.33 Å². The van der Waals surface area contributed by atoms with Gasteiger partial charge in [0.15, 0.2) is 11.8 Å². The van der Waals surface area contributed by atoms with Crippen molar-refractivity contribution in [3.63, 3.8) is 0 Å². The van der Waals surface area contributed by atoms with E-state index in [0.29, 0.717) is 13.1 Å². The molecule has 0 aliphatic heterocycles. The van der Waals surface area contributed by atoms with E-state index in [1.54, 1.807) is 13.4 Å². The van der Waals surface area contributed by atoms with E-state index in [2.05, 4.69) is 57.0 Å². The minimum atomic E-state index is 0. The smallest absolute Gasteiger partial charge is 0.191 e. The van der Waals surface area contributed by atoms with Gasteiger partial charge in [-0.25, -0.2) is 0 Å². The lowest BCUT2D eigenvalue weighted by atomic mass is 10.1. The van der Waals surface area contributed by atoms with Gasteiger partial charge in [-0.05, 0) is 24.6 Å². The largest absolute Gasteiger partial charge is 0.352 e. The van der Waals surface area contributed by atoms with Crippen LogP contribution in [-0.2, 0) is 13.1 Å². The van der Waals surface area contributed by atoms with Crippen molar-refractivity contribution in [1.29, 1.82) is 0 Å². The lowest BCUT2D eigenvalue weighted by Crippen LogP contribution is -2.36. The van der Waals surface area contributed by atoms with E-state index in [-0.39, 0.29) is 24.0 Å². The van der Waals surface area contributed by atoms with Crippen LogP contribution in [0.5, 0.6) is 0 Å². The number of aromatic nitrogens is 3. The minimum absolute atomic E-state index is 0. The van der Waals surface area contributed by atoms with Crippen molar-refractivity contribution in [3.8, 4) is 5.69 Å². The normalized spacial score (nSPS) is 10.9. The van der Waals surface area contributed by atoms with E-state index in [9.17, 15) is 0 Å². The minimum Gasteiger partial charge on any atom is -0.352 e. The molecule has 2 aromatic carbocycles. The second-order valence-electron chi connectivity index (χ2n) is 5.72. The van der Waals surface area contributed by atoms with E-state index in [4.69, 9.17) is 0 Å². The summed E-state index contributed by atoms with van der Waals surface area (Å²) >= 11 is 0. The number of guanidine groups is 1. The van der Waals surface area contributed by atoms with E-state index in [1.807, 2.05) is 34.9 Å². The van der Waals surface area contributed by atoms with Gasteiger partial charge in [0, 0.05) is 19.3 Å². The number of para-hydroxylation sites is 1. The van der Waals surface area contributed by atoms with Crippen LogP contribution < -0.4 is 10.6 Å². The summed E-state index contributed by atoms with van der Waals surface area (Å²) in [7, 11) is 1.76. The molecule has 1 aromatic heterocycles. The first-order valence-corrected chi connectivity index (χ1v) is 8.20. The summed E-state index contributed by atoms with van der Waals surface area (Å²) in [4.78, 5) is 4.26. The van der Waals surface area contributed by atoms with Crippen LogP contribution in [0, 0.1) is 6.92 Å². The summed E-state index contributed by atoms with van der Waals surface area (Å²) in [6.45, 7) is 3.33. The number of hydrogen-bond acceptors (Lipinski definition) is 3. The maximum Gasteiger partial charge on any atom is 0.191 e. The summed E-state index contributed by atoms with van der Waals surface area (Å²) in [5.74, 6) is 1.55. The lowest BCUT2D eigenvalue weighted by Gasteiger charge is -2.12. The van der Waals surface area contributed by atoms with Crippen LogP contribution in [0.3, 0.4) is 0 Å². The summed E-state index contributed by atoms with van der Waals surface area (Å²) in [6.07, 6.45) is 1.72. The maximum atomic E-state index is 4.26. The molecule has 0 bridgehead atoms. The van der Waals surface area contributed by atoms with Gasteiger partial charge in [-0.3, -0.25) is 9.56 Å². The van der Waals surface area contributed by atoms with Crippen molar-refractivity contribution in [3.05, 3.63) is 77.9 Å². The Morgan fingerprint density at radius 2 is 1.69 bits per heavy atom. The van der Waals surface area contributed by atoms with Crippen molar-refractivity contribution in [2.75, 3.05) is 7.05 Å². The Morgan fingerprint density at radius 3 is 2.38 bits per heavy atom. The van der Waals surface area contributed by atoms with Crippen LogP contribution in [0.15, 0.2) is 65.9 Å². The van der Waals surface area contributed by atoms with Gasteiger partial charge in [0.2, 0.25) is 0 Å². The molecule has 2 N–H and O–H groups in total. The highest BCUT2D eigenvalue weighted by atomic mass is 127. The molecule has 0 unspecified atom stereocenters. The average molecular weight is 462 g/mol. The number of aliphatic imine (C=N–C) groups is 1. The fourth-order valence-corrected chi connectivity index (χ4v) is 2.46. The SMILES string of the molecule is CN=C(NCc1ccc(C)cc1)NCc1nncn1-c1ccccc1.I. The zero-order valence-corrected chi connectivity index (χ0v) is 17.2. The van der Waals surface area contributed by atoms with Crippen LogP contribution >= 0.6 is 24.0 Å². The molecule has 136 valence electrons. The summed E-state index contributed by atoms with van der Waals surface area (Å²) in [6, 6.07) is 18.5. The lowest BCUT2D eigenvalue weighted by molar-refractivity contribution is 0.754. The molecule has 3 rings (SSSR count). The first kappa shape index (κ1) is 19.9. The summed E-state index contributed by atoms with van der Waals surface area (Å²) in [5, 5.41) is 14.8. The average Bonchev–Trinajstić information content (AvgIpc) is 3.12. The molecule has 0 atom stereocenters. The number of nitrogens with zero attached hydrogens (tertiary/aromatic N) is 4. The zero-order valence-electron chi connectivity index (χ0n) is 14.9. The topological polar surface area (TPSA) is 67.1 Å². The van der Waals surface area contributed by atoms with Crippen molar-refractivity contribution < 1.29 is 0 Å². The first-order chi connectivity index (χ1) is 12.3. The molecule has 0 spiro atoms. The number of nitrogens with one attached hydrogen (secondary N) is 2. The van der Waals surface area contributed by atoms with Crippen LogP contribution in [0.25, 0.3) is 5.69 Å². The fourth-order valence-electron chi connectivity index (χ4n) is 2.46. The Morgan fingerprint density at radius 1 is 1.00 bits per heavy atom. The number of halogens is 1. The predicted octanol–water partition coefficient (Wildman–Crippen LogP) is 3.06. The molecule has 0 amide bonds. The maximum absolute atomic E-state index is 4.26. The molecule has 3 aromatic rings. The number of aryl methyl sites for hydroxylation is 1. The second-order valence-corrected chi connectivity index (χ2v) is 5.72. The Hall–Kier alpha value is -2.42. The number of hydrogen-bond donors (Lipinski definition) is 2. The zero-order chi connectivity index (χ0) is 17.5. The molecule has 0 fully saturated rings. The standard InChI is InChI=1S/C19H22N6.HI/c1-15-8-10-16(11-9-15)12-21-19(20-2)22-13-18-24-23-14-25(18)17-6-4-3-5-7-17;/h3-11,14H,12-13H2,1-2H3,(H2,20,21,22);1H. The monoisotopic (exact) mass is 462 g/mol. The third kappa shape index (κ3) is 5.29. The van der Waals surface area contributed by atoms with Crippen molar-refractivity contribution >= 4 is 29.9 Å². The Kier molecular flexibility index (Phi) is 7.58. The molecule has 1 heterocycles. The highest BCUT2D eigenvalue weighted by Crippen LogP contribution is 2.08. The van der Waals surface area contributed by atoms with Gasteiger partial charge in [-0.15, -0.1) is 34.2 Å². The molecule has 0 saturated heterocycles. The van der Waals surface area contributed by atoms with Gasteiger partial charge in [0.25, 0.3) is 0 Å². The summed E-state index contributed by atoms with van der Waals surface area (Å²) in [5.41, 5.74) is 3.50. The van der Waals surface area contributed by atoms with Gasteiger partial charge in [0.05, 0.1) is 6.54 Å². The molecule has 7 heteroatoms. The van der Waals surface area contributed by atoms with Crippen molar-refractivity contribution in [2.24, 2.45) is 4.99 Å². The van der Waals surface area contributed by atoms with Crippen LogP contribution in [0.1, 0.15) is 17.0 Å². The molecular weight excluding hydrogens is 439 g/mol. The van der Waals surface area contributed by atoms with Crippen molar-refractivity contribution in [2.45, 2.75) is 20.0 Å². The summed E-state index contributed by atoms with van der Waals surface area (Å²) < 4.78 is 1.96. The molecule has 0 aliphatic rings. The first-order valence-electron chi connectivity index (χ1n) is 8.20. The van der Waals surface area contributed by atoms with Crippen molar-refractivity contribution in [1.82, 2.24) is 25.4 Å².